The topological polar surface area (TPSA) is 65.4 Å². The summed E-state index contributed by atoms with van der Waals surface area (Å²) >= 11 is 11.9. The lowest BCUT2D eigenvalue weighted by Crippen LogP contribution is -2.07. The van der Waals surface area contributed by atoms with Gasteiger partial charge in [0.25, 0.3) is 0 Å². The van der Waals surface area contributed by atoms with Crippen LogP contribution in [-0.4, -0.2) is 42.3 Å². The van der Waals surface area contributed by atoms with Gasteiger partial charge in [0.05, 0.1) is 22.6 Å². The number of rotatable bonds is 5. The molecule has 0 aliphatic heterocycles. The molecule has 6 nitrogen and oxygen atoms in total. The Morgan fingerprint density at radius 3 is 2.64 bits per heavy atom. The largest absolute Gasteiger partial charge is 0.371 e. The zero-order chi connectivity index (χ0) is 16.1. The molecule has 0 saturated carbocycles. The Kier molecular flexibility index (Phi) is 5.41. The summed E-state index contributed by atoms with van der Waals surface area (Å²) in [6, 6.07) is 5.22. The highest BCUT2D eigenvalue weighted by atomic mass is 35.5. The van der Waals surface area contributed by atoms with Crippen LogP contribution in [0, 0.1) is 0 Å². The molecule has 1 heterocycles. The van der Waals surface area contributed by atoms with Crippen molar-refractivity contribution in [2.24, 2.45) is 4.99 Å². The number of nitrogens with one attached hydrogen (secondary N) is 2. The van der Waals surface area contributed by atoms with Gasteiger partial charge in [-0.1, -0.05) is 23.2 Å². The maximum absolute atomic E-state index is 5.99. The molecule has 2 rings (SSSR count). The van der Waals surface area contributed by atoms with Crippen molar-refractivity contribution in [3.05, 3.63) is 34.4 Å². The van der Waals surface area contributed by atoms with Crippen molar-refractivity contribution >= 4 is 52.7 Å². The van der Waals surface area contributed by atoms with E-state index in [0.717, 1.165) is 5.69 Å². The summed E-state index contributed by atoms with van der Waals surface area (Å²) in [5, 5.41) is 7.03. The molecule has 116 valence electrons. The second kappa shape index (κ2) is 7.29. The second-order valence-corrected chi connectivity index (χ2v) is 5.45. The summed E-state index contributed by atoms with van der Waals surface area (Å²) < 4.78 is 0. The monoisotopic (exact) mass is 338 g/mol. The molecule has 2 N–H and O–H groups in total. The van der Waals surface area contributed by atoms with Crippen LogP contribution in [0.2, 0.25) is 10.0 Å². The van der Waals surface area contributed by atoms with Crippen LogP contribution in [0.3, 0.4) is 0 Å². The molecule has 8 heteroatoms. The highest BCUT2D eigenvalue weighted by molar-refractivity contribution is 6.42. The van der Waals surface area contributed by atoms with Crippen LogP contribution < -0.4 is 10.6 Å². The van der Waals surface area contributed by atoms with E-state index < -0.39 is 0 Å². The van der Waals surface area contributed by atoms with E-state index in [1.54, 1.807) is 37.8 Å². The fraction of sp³-hybridized carbons (Fsp3) is 0.214. The summed E-state index contributed by atoms with van der Waals surface area (Å²) in [6.07, 6.45) is 3.32. The van der Waals surface area contributed by atoms with Gasteiger partial charge in [-0.2, -0.15) is 4.98 Å². The predicted octanol–water partition coefficient (Wildman–Crippen LogP) is 3.79. The molecule has 0 spiro atoms. The summed E-state index contributed by atoms with van der Waals surface area (Å²) in [6.45, 7) is 0. The van der Waals surface area contributed by atoms with Crippen molar-refractivity contribution < 1.29 is 0 Å². The fourth-order valence-corrected chi connectivity index (χ4v) is 1.89. The van der Waals surface area contributed by atoms with Gasteiger partial charge in [0.1, 0.15) is 5.69 Å². The lowest BCUT2D eigenvalue weighted by atomic mass is 10.3. The van der Waals surface area contributed by atoms with Gasteiger partial charge < -0.3 is 15.5 Å². The molecule has 0 saturated heterocycles. The van der Waals surface area contributed by atoms with E-state index in [2.05, 4.69) is 25.6 Å². The van der Waals surface area contributed by atoms with Crippen LogP contribution in [-0.2, 0) is 0 Å². The van der Waals surface area contributed by atoms with E-state index in [4.69, 9.17) is 23.2 Å². The van der Waals surface area contributed by atoms with Crippen molar-refractivity contribution in [3.8, 4) is 0 Å². The minimum Gasteiger partial charge on any atom is -0.371 e. The van der Waals surface area contributed by atoms with Gasteiger partial charge in [0.15, 0.2) is 5.82 Å². The fourth-order valence-electron chi connectivity index (χ4n) is 1.59. The van der Waals surface area contributed by atoms with E-state index in [-0.39, 0.29) is 0 Å². The average Bonchev–Trinajstić information content (AvgIpc) is 2.49. The van der Waals surface area contributed by atoms with E-state index in [1.807, 2.05) is 19.0 Å². The van der Waals surface area contributed by atoms with Gasteiger partial charge in [0.2, 0.25) is 5.95 Å². The first-order valence-corrected chi connectivity index (χ1v) is 7.22. The molecule has 2 aromatic rings. The first-order valence-electron chi connectivity index (χ1n) is 6.47. The molecule has 0 aliphatic carbocycles. The number of halogens is 2. The third-order valence-corrected chi connectivity index (χ3v) is 3.35. The van der Waals surface area contributed by atoms with Gasteiger partial charge in [-0.25, -0.2) is 9.98 Å². The van der Waals surface area contributed by atoms with E-state index in [9.17, 15) is 0 Å². The van der Waals surface area contributed by atoms with E-state index in [0.29, 0.717) is 27.5 Å². The van der Waals surface area contributed by atoms with Gasteiger partial charge in [-0.05, 0) is 18.2 Å². The normalized spacial score (nSPS) is 10.8. The lowest BCUT2D eigenvalue weighted by Gasteiger charge is -2.09. The molecular weight excluding hydrogens is 323 g/mol. The number of hydrogen-bond acceptors (Lipinski definition) is 5. The molecule has 0 atom stereocenters. The van der Waals surface area contributed by atoms with Gasteiger partial charge in [-0.3, -0.25) is 0 Å². The van der Waals surface area contributed by atoms with Crippen molar-refractivity contribution in [3.63, 3.8) is 0 Å². The van der Waals surface area contributed by atoms with Crippen molar-refractivity contribution in [2.75, 3.05) is 31.8 Å². The minimum atomic E-state index is 0.437. The molecule has 0 radical (unpaired) electrons. The summed E-state index contributed by atoms with van der Waals surface area (Å²) in [7, 11) is 5.56. The Morgan fingerprint density at radius 1 is 1.23 bits per heavy atom. The molecule has 1 aromatic heterocycles. The highest BCUT2D eigenvalue weighted by Gasteiger charge is 2.06. The SMILES string of the molecule is CNc1nc(Nc2ccc(Cl)c(Cl)c2)ncc1/N=C/N(C)C. The molecule has 0 fully saturated rings. The first kappa shape index (κ1) is 16.3. The zero-order valence-corrected chi connectivity index (χ0v) is 13.9. The smallest absolute Gasteiger partial charge is 0.229 e. The minimum absolute atomic E-state index is 0.437. The van der Waals surface area contributed by atoms with Crippen molar-refractivity contribution in [1.82, 2.24) is 14.9 Å². The number of anilines is 3. The molecule has 0 bridgehead atoms. The standard InChI is InChI=1S/C14H16Cl2N6/c1-17-13-12(19-8-22(2)3)7-18-14(21-13)20-9-4-5-10(15)11(16)6-9/h4-8H,1-3H3,(H2,17,18,20,21)/b19-8+. The molecule has 0 amide bonds. The highest BCUT2D eigenvalue weighted by Crippen LogP contribution is 2.27. The Labute approximate surface area is 139 Å². The van der Waals surface area contributed by atoms with Crippen LogP contribution in [0.5, 0.6) is 0 Å². The van der Waals surface area contributed by atoms with Gasteiger partial charge in [0, 0.05) is 26.8 Å². The molecule has 1 aromatic carbocycles. The van der Waals surface area contributed by atoms with Crippen LogP contribution in [0.1, 0.15) is 0 Å². The van der Waals surface area contributed by atoms with Crippen LogP contribution in [0.25, 0.3) is 0 Å². The Hall–Kier alpha value is -2.05. The molecule has 0 unspecified atom stereocenters. The Balaban J connectivity index is 2.23. The lowest BCUT2D eigenvalue weighted by molar-refractivity contribution is 0.643. The van der Waals surface area contributed by atoms with Crippen molar-refractivity contribution in [1.29, 1.82) is 0 Å². The number of benzene rings is 1. The maximum Gasteiger partial charge on any atom is 0.229 e. The Bertz CT molecular complexity index is 687. The Morgan fingerprint density at radius 2 is 2.00 bits per heavy atom. The van der Waals surface area contributed by atoms with E-state index in [1.165, 1.54) is 0 Å². The third kappa shape index (κ3) is 4.22. The number of aromatic nitrogens is 2. The van der Waals surface area contributed by atoms with E-state index >= 15 is 0 Å². The summed E-state index contributed by atoms with van der Waals surface area (Å²) in [5.74, 6) is 1.06. The molecule has 22 heavy (non-hydrogen) atoms. The van der Waals surface area contributed by atoms with Crippen LogP contribution in [0.15, 0.2) is 29.4 Å². The third-order valence-electron chi connectivity index (χ3n) is 2.61. The van der Waals surface area contributed by atoms with Gasteiger partial charge in [-0.15, -0.1) is 0 Å². The zero-order valence-electron chi connectivity index (χ0n) is 12.4. The summed E-state index contributed by atoms with van der Waals surface area (Å²) in [4.78, 5) is 14.7. The predicted molar refractivity (Wildman–Crippen MR) is 93.2 cm³/mol. The number of aliphatic imine (C=N–C) groups is 1. The van der Waals surface area contributed by atoms with Crippen molar-refractivity contribution in [2.45, 2.75) is 0 Å². The number of hydrogen-bond donors (Lipinski definition) is 2. The number of nitrogens with zero attached hydrogens (tertiary/aromatic N) is 4. The van der Waals surface area contributed by atoms with Gasteiger partial charge >= 0.3 is 0 Å². The van der Waals surface area contributed by atoms with Crippen LogP contribution in [0.4, 0.5) is 23.1 Å². The maximum atomic E-state index is 5.99. The summed E-state index contributed by atoms with van der Waals surface area (Å²) in [5.41, 5.74) is 1.40. The average molecular weight is 339 g/mol. The first-order chi connectivity index (χ1) is 10.5. The quantitative estimate of drug-likeness (QED) is 0.641. The van der Waals surface area contributed by atoms with Crippen LogP contribution >= 0.6 is 23.2 Å². The molecule has 0 aliphatic rings. The second-order valence-electron chi connectivity index (χ2n) is 4.64. The molecular formula is C14H16Cl2N6.